The summed E-state index contributed by atoms with van der Waals surface area (Å²) >= 11 is 0. The molecule has 0 aliphatic carbocycles. The highest BCUT2D eigenvalue weighted by molar-refractivity contribution is 7.45. The maximum Gasteiger partial charge on any atom is 0.305 e. The van der Waals surface area contributed by atoms with E-state index in [-0.39, 0.29) is 38.0 Å². The minimum absolute atomic E-state index is 0.00434. The molecule has 0 rings (SSSR count). The van der Waals surface area contributed by atoms with Crippen molar-refractivity contribution in [1.82, 2.24) is 0 Å². The number of carbonyl (C=O) groups is 2. The van der Waals surface area contributed by atoms with Gasteiger partial charge in [-0.3, -0.25) is 14.2 Å². The van der Waals surface area contributed by atoms with Crippen LogP contribution in [0.25, 0.3) is 0 Å². The van der Waals surface area contributed by atoms with Crippen molar-refractivity contribution >= 4 is 19.6 Å². The van der Waals surface area contributed by atoms with Gasteiger partial charge in [-0.05, 0) is 76.4 Å². The molecule has 0 heterocycles. The summed E-state index contributed by atoms with van der Waals surface area (Å²) in [4.78, 5) is 36.8. The Morgan fingerprint density at radius 3 is 1.78 bits per heavy atom. The van der Waals surface area contributed by atoms with Crippen molar-refractivity contribution in [3.05, 3.63) is 48.8 Å². The van der Waals surface area contributed by atoms with Crippen LogP contribution in [0.2, 0.25) is 0 Å². The second-order valence-electron chi connectivity index (χ2n) is 15.4. The Labute approximate surface area is 331 Å². The predicted molar refractivity (Wildman–Crippen MR) is 222 cm³/mol. The number of rotatable bonds is 39. The van der Waals surface area contributed by atoms with Crippen molar-refractivity contribution in [1.29, 1.82) is 0 Å². The van der Waals surface area contributed by atoms with Gasteiger partial charge in [0.2, 0.25) is 0 Å². The molecule has 0 fully saturated rings. The van der Waals surface area contributed by atoms with Crippen LogP contribution in [0.4, 0.5) is 0 Å². The molecule has 1 unspecified atom stereocenters. The van der Waals surface area contributed by atoms with E-state index < -0.39 is 13.9 Å². The number of likely N-dealkylation sites (N-methyl/N-ethyl adjacent to an activating group) is 1. The monoisotopic (exact) mass is 782 g/mol. The first-order valence-corrected chi connectivity index (χ1v) is 22.8. The van der Waals surface area contributed by atoms with Crippen LogP contribution >= 0.6 is 7.82 Å². The van der Waals surface area contributed by atoms with Crippen LogP contribution in [-0.4, -0.2) is 69.8 Å². The predicted octanol–water partition coefficient (Wildman–Crippen LogP) is 11.3. The lowest BCUT2D eigenvalue weighted by atomic mass is 10.1. The third kappa shape index (κ3) is 39.7. The summed E-state index contributed by atoms with van der Waals surface area (Å²) in [6.45, 7) is 4.49. The molecule has 2 atom stereocenters. The highest BCUT2D eigenvalue weighted by Gasteiger charge is 2.19. The minimum atomic E-state index is -4.54. The Balaban J connectivity index is 4.41. The van der Waals surface area contributed by atoms with Gasteiger partial charge < -0.3 is 27.9 Å². The molecule has 0 saturated heterocycles. The Morgan fingerprint density at radius 1 is 0.630 bits per heavy atom. The lowest BCUT2D eigenvalue weighted by Crippen LogP contribution is -2.37. The van der Waals surface area contributed by atoms with Gasteiger partial charge in [0, 0.05) is 12.8 Å². The van der Waals surface area contributed by atoms with E-state index in [0.29, 0.717) is 23.9 Å². The molecule has 0 aromatic carbocycles. The van der Waals surface area contributed by atoms with E-state index in [4.69, 9.17) is 18.5 Å². The van der Waals surface area contributed by atoms with Gasteiger partial charge in [-0.2, -0.15) is 0 Å². The normalized spacial score (nSPS) is 14.1. The van der Waals surface area contributed by atoms with E-state index in [2.05, 4.69) is 32.1 Å². The molecule has 10 heteroatoms. The van der Waals surface area contributed by atoms with Crippen LogP contribution in [0, 0.1) is 0 Å². The zero-order valence-corrected chi connectivity index (χ0v) is 36.0. The molecule has 0 saturated carbocycles. The maximum atomic E-state index is 12.5. The van der Waals surface area contributed by atoms with Gasteiger partial charge in [0.15, 0.2) is 11.9 Å². The van der Waals surface area contributed by atoms with Gasteiger partial charge in [-0.1, -0.05) is 121 Å². The summed E-state index contributed by atoms with van der Waals surface area (Å²) in [6.07, 6.45) is 40.4. The topological polar surface area (TPSA) is 111 Å². The number of nitrogens with zero attached hydrogens (tertiary/aromatic N) is 1. The summed E-state index contributed by atoms with van der Waals surface area (Å²) in [5.41, 5.74) is 0. The van der Waals surface area contributed by atoms with Crippen LogP contribution < -0.4 is 4.89 Å². The summed E-state index contributed by atoms with van der Waals surface area (Å²) < 4.78 is 34.2. The van der Waals surface area contributed by atoms with Crippen molar-refractivity contribution < 1.29 is 42.1 Å². The largest absolute Gasteiger partial charge is 0.756 e. The summed E-state index contributed by atoms with van der Waals surface area (Å²) in [7, 11) is 1.28. The van der Waals surface area contributed by atoms with Crippen LogP contribution in [0.1, 0.15) is 168 Å². The quantitative estimate of drug-likeness (QED) is 0.00886. The number of phosphoric acid groups is 1. The summed E-state index contributed by atoms with van der Waals surface area (Å²) in [5.74, 6) is -0.221. The van der Waals surface area contributed by atoms with Gasteiger partial charge in [0.05, 0.1) is 34.0 Å². The number of allylic oxidation sites excluding steroid dienone is 7. The second kappa shape index (κ2) is 36.6. The number of ether oxygens (including phenoxy) is 2. The van der Waals surface area contributed by atoms with E-state index in [1.54, 1.807) is 12.3 Å². The molecular formula is C44H80NO8P. The van der Waals surface area contributed by atoms with Crippen LogP contribution in [0.15, 0.2) is 48.8 Å². The van der Waals surface area contributed by atoms with E-state index >= 15 is 0 Å². The number of carbonyl (C=O) groups excluding carboxylic acids is 2. The van der Waals surface area contributed by atoms with Gasteiger partial charge in [0.25, 0.3) is 7.82 Å². The summed E-state index contributed by atoms with van der Waals surface area (Å²) in [5, 5.41) is 0. The molecule has 0 spiro atoms. The highest BCUT2D eigenvalue weighted by Crippen LogP contribution is 2.38. The van der Waals surface area contributed by atoms with Crippen LogP contribution in [-0.2, 0) is 32.7 Å². The lowest BCUT2D eigenvalue weighted by molar-refractivity contribution is -0.870. The molecule has 0 N–H and O–H groups in total. The fourth-order valence-electron chi connectivity index (χ4n) is 5.45. The molecule has 0 aliphatic rings. The second-order valence-corrected chi connectivity index (χ2v) is 16.9. The SMILES string of the molecule is CCCCC/C=C\C=C\C(=O)CCCCCCCC(=O)OC[C@H](COP(=O)([O-])OCC[N+](C)(C)C)O/C=C/CCCCCC/C=C\CCCCCCCC. The van der Waals surface area contributed by atoms with Gasteiger partial charge in [0.1, 0.15) is 19.8 Å². The van der Waals surface area contributed by atoms with E-state index in [0.717, 1.165) is 57.8 Å². The fraction of sp³-hybridized carbons (Fsp3) is 0.773. The smallest absolute Gasteiger partial charge is 0.305 e. The van der Waals surface area contributed by atoms with Crippen molar-refractivity contribution in [2.75, 3.05) is 47.5 Å². The fourth-order valence-corrected chi connectivity index (χ4v) is 6.17. The Bertz CT molecular complexity index is 1070. The van der Waals surface area contributed by atoms with Crippen molar-refractivity contribution in [2.24, 2.45) is 0 Å². The molecule has 0 amide bonds. The van der Waals surface area contributed by atoms with E-state index in [9.17, 15) is 19.0 Å². The first-order chi connectivity index (χ1) is 26.0. The Hall–Kier alpha value is -2.03. The maximum absolute atomic E-state index is 12.5. The molecule has 0 aromatic rings. The number of hydrogen-bond donors (Lipinski definition) is 0. The van der Waals surface area contributed by atoms with Crippen LogP contribution in [0.5, 0.6) is 0 Å². The van der Waals surface area contributed by atoms with Gasteiger partial charge in [-0.25, -0.2) is 0 Å². The van der Waals surface area contributed by atoms with E-state index in [1.165, 1.54) is 77.0 Å². The molecule has 0 aromatic heterocycles. The Morgan fingerprint density at radius 2 is 1.15 bits per heavy atom. The number of phosphoric ester groups is 1. The number of ketones is 1. The zero-order valence-electron chi connectivity index (χ0n) is 35.2. The van der Waals surface area contributed by atoms with Gasteiger partial charge >= 0.3 is 5.97 Å². The summed E-state index contributed by atoms with van der Waals surface area (Å²) in [6, 6.07) is 0. The molecule has 54 heavy (non-hydrogen) atoms. The molecule has 0 radical (unpaired) electrons. The molecule has 0 aliphatic heterocycles. The third-order valence-electron chi connectivity index (χ3n) is 8.92. The standard InChI is InChI=1S/C44H80NO8P/c1-6-8-10-12-14-15-16-17-18-19-20-21-22-24-29-33-38-50-43(41-53-54(48,49)52-39-37-45(3,4)5)40-51-44(47)36-32-28-25-27-31-35-42(46)34-30-26-23-13-11-9-7-2/h17-18,23,26,30,33-34,38,43H,6-16,19-22,24-25,27-29,31-32,35-37,39-41H2,1-5H3/b18-17-,26-23-,34-30+,38-33+/t43-/m1/s1. The Kier molecular flexibility index (Phi) is 35.2. The average molecular weight is 782 g/mol. The highest BCUT2D eigenvalue weighted by atomic mass is 31.2. The first-order valence-electron chi connectivity index (χ1n) is 21.4. The molecule has 314 valence electrons. The van der Waals surface area contributed by atoms with Crippen molar-refractivity contribution in [2.45, 2.75) is 174 Å². The number of quaternary nitrogens is 1. The van der Waals surface area contributed by atoms with Gasteiger partial charge in [-0.15, -0.1) is 0 Å². The number of unbranched alkanes of at least 4 members (excludes halogenated alkanes) is 18. The first kappa shape index (κ1) is 52.0. The van der Waals surface area contributed by atoms with Crippen molar-refractivity contribution in [3.8, 4) is 0 Å². The third-order valence-corrected chi connectivity index (χ3v) is 9.88. The van der Waals surface area contributed by atoms with E-state index in [1.807, 2.05) is 39.4 Å². The van der Waals surface area contributed by atoms with Crippen molar-refractivity contribution in [3.63, 3.8) is 0 Å². The van der Waals surface area contributed by atoms with Crippen LogP contribution in [0.3, 0.4) is 0 Å². The molecule has 0 bridgehead atoms. The minimum Gasteiger partial charge on any atom is -0.756 e. The lowest BCUT2D eigenvalue weighted by Gasteiger charge is -2.28. The molecular weight excluding hydrogens is 701 g/mol. The average Bonchev–Trinajstić information content (AvgIpc) is 3.12. The number of esters is 1. The number of hydrogen-bond acceptors (Lipinski definition) is 8. The zero-order chi connectivity index (χ0) is 40.0. The molecule has 9 nitrogen and oxygen atoms in total.